The minimum Gasteiger partial charge on any atom is -0.397 e. The first-order valence-electron chi connectivity index (χ1n) is 5.78. The van der Waals surface area contributed by atoms with E-state index in [0.29, 0.717) is 21.4 Å². The fourth-order valence-electron chi connectivity index (χ4n) is 1.54. The van der Waals surface area contributed by atoms with Gasteiger partial charge in [0, 0.05) is 9.92 Å². The highest BCUT2D eigenvalue weighted by atomic mass is 35.5. The molecular formula is C14H12Cl2N2OS. The van der Waals surface area contributed by atoms with Gasteiger partial charge in [0.15, 0.2) is 0 Å². The molecule has 0 saturated heterocycles. The largest absolute Gasteiger partial charge is 0.397 e. The molecule has 0 aromatic heterocycles. The summed E-state index contributed by atoms with van der Waals surface area (Å²) in [4.78, 5) is 12.7. The van der Waals surface area contributed by atoms with Gasteiger partial charge in [-0.15, -0.1) is 11.8 Å². The number of rotatable bonds is 4. The van der Waals surface area contributed by atoms with Crippen molar-refractivity contribution in [1.82, 2.24) is 0 Å². The summed E-state index contributed by atoms with van der Waals surface area (Å²) in [5.74, 6) is 0.107. The fourth-order valence-corrected chi connectivity index (χ4v) is 2.76. The molecule has 0 spiro atoms. The lowest BCUT2D eigenvalue weighted by molar-refractivity contribution is -0.113. The van der Waals surface area contributed by atoms with E-state index in [4.69, 9.17) is 28.9 Å². The zero-order chi connectivity index (χ0) is 14.5. The Morgan fingerprint density at radius 1 is 1.20 bits per heavy atom. The van der Waals surface area contributed by atoms with Gasteiger partial charge < -0.3 is 11.1 Å². The summed E-state index contributed by atoms with van der Waals surface area (Å²) in [7, 11) is 0. The van der Waals surface area contributed by atoms with E-state index in [-0.39, 0.29) is 11.7 Å². The van der Waals surface area contributed by atoms with Crippen LogP contribution in [-0.2, 0) is 4.79 Å². The maximum Gasteiger partial charge on any atom is 0.234 e. The zero-order valence-electron chi connectivity index (χ0n) is 10.4. The molecule has 2 rings (SSSR count). The SMILES string of the molecule is Nc1cc(Cl)ccc1NC(=O)CSc1ccccc1Cl. The van der Waals surface area contributed by atoms with Crippen molar-refractivity contribution in [1.29, 1.82) is 0 Å². The van der Waals surface area contributed by atoms with Crippen LogP contribution in [0.5, 0.6) is 0 Å². The van der Waals surface area contributed by atoms with Crippen LogP contribution in [0, 0.1) is 0 Å². The highest BCUT2D eigenvalue weighted by molar-refractivity contribution is 8.00. The van der Waals surface area contributed by atoms with Gasteiger partial charge in [0.2, 0.25) is 5.91 Å². The van der Waals surface area contributed by atoms with E-state index in [1.165, 1.54) is 11.8 Å². The Morgan fingerprint density at radius 2 is 1.95 bits per heavy atom. The monoisotopic (exact) mass is 326 g/mol. The molecule has 0 aliphatic carbocycles. The van der Waals surface area contributed by atoms with E-state index in [9.17, 15) is 4.79 Å². The van der Waals surface area contributed by atoms with Gasteiger partial charge in [-0.25, -0.2) is 0 Å². The number of hydrogen-bond donors (Lipinski definition) is 2. The molecule has 0 heterocycles. The quantitative estimate of drug-likeness (QED) is 0.650. The number of anilines is 2. The van der Waals surface area contributed by atoms with E-state index in [1.807, 2.05) is 18.2 Å². The van der Waals surface area contributed by atoms with Crippen LogP contribution < -0.4 is 11.1 Å². The second-order valence-corrected chi connectivity index (χ2v) is 5.86. The summed E-state index contributed by atoms with van der Waals surface area (Å²) in [6, 6.07) is 12.3. The molecule has 3 N–H and O–H groups in total. The predicted octanol–water partition coefficient (Wildman–Crippen LogP) is 4.31. The molecule has 0 atom stereocenters. The van der Waals surface area contributed by atoms with Crippen molar-refractivity contribution in [2.45, 2.75) is 4.90 Å². The second kappa shape index (κ2) is 6.88. The lowest BCUT2D eigenvalue weighted by Gasteiger charge is -2.08. The summed E-state index contributed by atoms with van der Waals surface area (Å²) in [6.45, 7) is 0. The second-order valence-electron chi connectivity index (χ2n) is 4.00. The smallest absolute Gasteiger partial charge is 0.234 e. The maximum absolute atomic E-state index is 11.9. The molecule has 2 aromatic rings. The molecule has 0 aliphatic rings. The standard InChI is InChI=1S/C14H12Cl2N2OS/c15-9-5-6-12(11(17)7-9)18-14(19)8-20-13-4-2-1-3-10(13)16/h1-7H,8,17H2,(H,18,19). The normalized spacial score (nSPS) is 10.3. The van der Waals surface area contributed by atoms with Crippen LogP contribution in [0.15, 0.2) is 47.4 Å². The molecule has 0 bridgehead atoms. The van der Waals surface area contributed by atoms with Gasteiger partial charge in [-0.3, -0.25) is 4.79 Å². The summed E-state index contributed by atoms with van der Waals surface area (Å²) >= 11 is 13.2. The lowest BCUT2D eigenvalue weighted by Crippen LogP contribution is -2.15. The van der Waals surface area contributed by atoms with Crippen molar-refractivity contribution in [3.8, 4) is 0 Å². The highest BCUT2D eigenvalue weighted by Gasteiger charge is 2.08. The number of hydrogen-bond acceptors (Lipinski definition) is 3. The Labute approximate surface area is 131 Å². The van der Waals surface area contributed by atoms with Gasteiger partial charge in [-0.05, 0) is 30.3 Å². The number of nitrogens with one attached hydrogen (secondary N) is 1. The summed E-state index contributed by atoms with van der Waals surface area (Å²) in [5.41, 5.74) is 6.77. The van der Waals surface area contributed by atoms with Crippen LogP contribution in [0.2, 0.25) is 10.0 Å². The van der Waals surface area contributed by atoms with Gasteiger partial charge in [0.1, 0.15) is 0 Å². The Balaban J connectivity index is 1.94. The minimum atomic E-state index is -0.149. The number of carbonyl (C=O) groups excluding carboxylic acids is 1. The molecule has 0 fully saturated rings. The maximum atomic E-state index is 11.9. The highest BCUT2D eigenvalue weighted by Crippen LogP contribution is 2.27. The van der Waals surface area contributed by atoms with E-state index >= 15 is 0 Å². The third-order valence-corrected chi connectivity index (χ3v) is 4.23. The average molecular weight is 327 g/mol. The zero-order valence-corrected chi connectivity index (χ0v) is 12.7. The Kier molecular flexibility index (Phi) is 5.17. The number of carbonyl (C=O) groups is 1. The molecule has 2 aromatic carbocycles. The molecule has 6 heteroatoms. The van der Waals surface area contributed by atoms with Crippen molar-refractivity contribution < 1.29 is 4.79 Å². The molecule has 0 aliphatic heterocycles. The number of halogens is 2. The predicted molar refractivity (Wildman–Crippen MR) is 86.7 cm³/mol. The molecule has 0 unspecified atom stereocenters. The van der Waals surface area contributed by atoms with Crippen molar-refractivity contribution in [3.05, 3.63) is 52.5 Å². The number of nitrogens with two attached hydrogens (primary N) is 1. The summed E-state index contributed by atoms with van der Waals surface area (Å²) in [6.07, 6.45) is 0. The molecule has 1 amide bonds. The van der Waals surface area contributed by atoms with Crippen LogP contribution in [-0.4, -0.2) is 11.7 Å². The van der Waals surface area contributed by atoms with E-state index in [2.05, 4.69) is 5.32 Å². The van der Waals surface area contributed by atoms with Crippen LogP contribution in [0.25, 0.3) is 0 Å². The van der Waals surface area contributed by atoms with Crippen molar-refractivity contribution in [3.63, 3.8) is 0 Å². The van der Waals surface area contributed by atoms with Gasteiger partial charge in [-0.1, -0.05) is 35.3 Å². The van der Waals surface area contributed by atoms with E-state index in [1.54, 1.807) is 24.3 Å². The Morgan fingerprint density at radius 3 is 2.65 bits per heavy atom. The first-order valence-corrected chi connectivity index (χ1v) is 7.52. The van der Waals surface area contributed by atoms with E-state index in [0.717, 1.165) is 4.90 Å². The third kappa shape index (κ3) is 4.07. The number of amides is 1. The van der Waals surface area contributed by atoms with E-state index < -0.39 is 0 Å². The number of thioether (sulfide) groups is 1. The average Bonchev–Trinajstić information content (AvgIpc) is 2.41. The van der Waals surface area contributed by atoms with Gasteiger partial charge in [0.25, 0.3) is 0 Å². The van der Waals surface area contributed by atoms with Gasteiger partial charge in [-0.2, -0.15) is 0 Å². The molecule has 3 nitrogen and oxygen atoms in total. The molecule has 0 radical (unpaired) electrons. The fraction of sp³-hybridized carbons (Fsp3) is 0.0714. The van der Waals surface area contributed by atoms with Crippen LogP contribution in [0.3, 0.4) is 0 Å². The lowest BCUT2D eigenvalue weighted by atomic mass is 10.2. The molecule has 20 heavy (non-hydrogen) atoms. The van der Waals surface area contributed by atoms with Crippen molar-refractivity contribution in [2.24, 2.45) is 0 Å². The summed E-state index contributed by atoms with van der Waals surface area (Å²) in [5, 5.41) is 3.91. The van der Waals surface area contributed by atoms with Gasteiger partial charge >= 0.3 is 0 Å². The van der Waals surface area contributed by atoms with Crippen molar-refractivity contribution >= 4 is 52.2 Å². The molecule has 104 valence electrons. The Hall–Kier alpha value is -1.36. The minimum absolute atomic E-state index is 0.149. The molecular weight excluding hydrogens is 315 g/mol. The number of benzene rings is 2. The van der Waals surface area contributed by atoms with Crippen LogP contribution in [0.1, 0.15) is 0 Å². The molecule has 0 saturated carbocycles. The van der Waals surface area contributed by atoms with Crippen molar-refractivity contribution in [2.75, 3.05) is 16.8 Å². The van der Waals surface area contributed by atoms with Gasteiger partial charge in [0.05, 0.1) is 22.2 Å². The number of nitrogen functional groups attached to an aromatic ring is 1. The van der Waals surface area contributed by atoms with Crippen LogP contribution in [0.4, 0.5) is 11.4 Å². The Bertz CT molecular complexity index is 634. The third-order valence-electron chi connectivity index (χ3n) is 2.48. The first kappa shape index (κ1) is 15.0. The van der Waals surface area contributed by atoms with Crippen LogP contribution >= 0.6 is 35.0 Å². The first-order chi connectivity index (χ1) is 9.56. The summed E-state index contributed by atoms with van der Waals surface area (Å²) < 4.78 is 0. The topological polar surface area (TPSA) is 55.1 Å².